The number of halogens is 1. The monoisotopic (exact) mass is 1160 g/mol. The lowest BCUT2D eigenvalue weighted by molar-refractivity contribution is -0.140. The van der Waals surface area contributed by atoms with Crippen molar-refractivity contribution in [1.82, 2.24) is 76.0 Å². The number of benzene rings is 1. The van der Waals surface area contributed by atoms with Gasteiger partial charge in [-0.15, -0.1) is 5.10 Å². The largest absolute Gasteiger partial charge is 0.494 e. The molecule has 83 heavy (non-hydrogen) atoms. The van der Waals surface area contributed by atoms with Gasteiger partial charge in [-0.1, -0.05) is 5.21 Å². The molecular formula is C53H69FN16O13. The van der Waals surface area contributed by atoms with Crippen molar-refractivity contribution in [3.8, 4) is 11.8 Å². The van der Waals surface area contributed by atoms with E-state index >= 15 is 0 Å². The van der Waals surface area contributed by atoms with Gasteiger partial charge in [0.1, 0.15) is 17.8 Å². The number of carbonyl (C=O) groups excluding carboxylic acids is 6. The fourth-order valence-electron chi connectivity index (χ4n) is 9.18. The van der Waals surface area contributed by atoms with Gasteiger partial charge in [-0.25, -0.2) is 4.98 Å². The molecule has 446 valence electrons. The highest BCUT2D eigenvalue weighted by Crippen LogP contribution is 2.23. The lowest BCUT2D eigenvalue weighted by atomic mass is 10.1. The predicted octanol–water partition coefficient (Wildman–Crippen LogP) is -1.98. The molecule has 0 spiro atoms. The lowest BCUT2D eigenvalue weighted by Crippen LogP contribution is -2.50. The minimum Gasteiger partial charge on any atom is -0.494 e. The minimum atomic E-state index is -1.16. The predicted molar refractivity (Wildman–Crippen MR) is 291 cm³/mol. The van der Waals surface area contributed by atoms with Crippen molar-refractivity contribution < 1.29 is 67.6 Å². The molecule has 8 N–H and O–H groups in total. The number of aromatic nitrogens is 5. The third-order valence-corrected chi connectivity index (χ3v) is 13.6. The van der Waals surface area contributed by atoms with Gasteiger partial charge in [0.05, 0.1) is 67.7 Å². The van der Waals surface area contributed by atoms with Crippen LogP contribution in [0.5, 0.6) is 5.75 Å². The van der Waals surface area contributed by atoms with Gasteiger partial charge in [0.25, 0.3) is 11.8 Å². The van der Waals surface area contributed by atoms with Crippen molar-refractivity contribution >= 4 is 64.3 Å². The number of aliphatic carboxylic acids is 3. The van der Waals surface area contributed by atoms with Crippen LogP contribution in [0.15, 0.2) is 55.0 Å². The maximum atomic E-state index is 13.6. The van der Waals surface area contributed by atoms with Crippen LogP contribution in [0.2, 0.25) is 0 Å². The number of nitriles is 1. The molecule has 2 aliphatic rings. The van der Waals surface area contributed by atoms with E-state index < -0.39 is 59.6 Å². The summed E-state index contributed by atoms with van der Waals surface area (Å²) in [6.07, 6.45) is 6.23. The van der Waals surface area contributed by atoms with Crippen molar-refractivity contribution in [2.75, 3.05) is 118 Å². The Morgan fingerprint density at radius 2 is 1.37 bits per heavy atom. The van der Waals surface area contributed by atoms with Crippen molar-refractivity contribution in [2.45, 2.75) is 57.2 Å². The van der Waals surface area contributed by atoms with Crippen LogP contribution in [0.1, 0.15) is 58.5 Å². The molecule has 5 heterocycles. The van der Waals surface area contributed by atoms with Gasteiger partial charge in [0, 0.05) is 122 Å². The highest BCUT2D eigenvalue weighted by molar-refractivity contribution is 6.07. The van der Waals surface area contributed by atoms with Gasteiger partial charge >= 0.3 is 17.9 Å². The van der Waals surface area contributed by atoms with Crippen molar-refractivity contribution in [1.29, 1.82) is 5.26 Å². The van der Waals surface area contributed by atoms with Crippen molar-refractivity contribution in [2.24, 2.45) is 0 Å². The number of fused-ring (bicyclic) bond motifs is 1. The molecule has 2 fully saturated rings. The lowest BCUT2D eigenvalue weighted by Gasteiger charge is -2.32. The molecule has 4 aromatic rings. The summed E-state index contributed by atoms with van der Waals surface area (Å²) in [4.78, 5) is 129. The van der Waals surface area contributed by atoms with Gasteiger partial charge in [0.2, 0.25) is 29.6 Å². The van der Waals surface area contributed by atoms with Crippen molar-refractivity contribution in [3.05, 3.63) is 77.8 Å². The summed E-state index contributed by atoms with van der Waals surface area (Å²) in [6.45, 7) is 1.39. The molecule has 2 saturated heterocycles. The number of rotatable bonds is 28. The fourth-order valence-corrected chi connectivity index (χ4v) is 9.18. The van der Waals surface area contributed by atoms with Gasteiger partial charge < -0.3 is 51.5 Å². The number of carboxylic acids is 3. The Bertz CT molecular complexity index is 2910. The maximum absolute atomic E-state index is 13.6. The van der Waals surface area contributed by atoms with Gasteiger partial charge in [0.15, 0.2) is 0 Å². The summed E-state index contributed by atoms with van der Waals surface area (Å²) in [5.41, 5.74) is 1.32. The van der Waals surface area contributed by atoms with E-state index in [0.29, 0.717) is 53.8 Å². The number of likely N-dealkylation sites (tertiary alicyclic amines) is 1. The number of hydrogen-bond acceptors (Lipinski definition) is 19. The molecule has 0 aliphatic carbocycles. The topological polar surface area (TPSA) is 380 Å². The summed E-state index contributed by atoms with van der Waals surface area (Å²) < 4.78 is 20.9. The first-order valence-electron chi connectivity index (χ1n) is 27.1. The first-order chi connectivity index (χ1) is 39.9. The molecule has 6 rings (SSSR count). The van der Waals surface area contributed by atoms with Gasteiger partial charge in [-0.3, -0.25) is 72.4 Å². The zero-order valence-corrected chi connectivity index (χ0v) is 45.7. The standard InChI is InChI=1S/C53H69FN16O13/c54-44-8-4-36(29-60-44)51(80)62-43(53(82)59-15-14-58-46(72)32-65-18-20-66(33-48(74)75)22-24-68(35-50(78)79)25-23-67(21-19-65)34-49(76)77)11-17-69-31-37(63-64-69)5-9-45(71)57-12-2-26-83-39-6-7-42-41(27-39)40(10-13-56-42)52(81)61-30-47(73)70-16-1-3-38(70)28-55/h4,6-8,10,13,27,29,31,38,43H,1-3,5,9,11-12,14-26,30,32-35H2,(H,57,71)(H,58,72)(H,59,82)(H,61,81)(H,62,80)(H,74,75)(H,76,77)(H,78,79)/t38?,43-/m0/s1. The molecule has 2 aliphatic heterocycles. The first-order valence-corrected chi connectivity index (χ1v) is 27.1. The molecule has 2 atom stereocenters. The molecule has 1 aromatic carbocycles. The zero-order valence-electron chi connectivity index (χ0n) is 45.7. The molecule has 0 radical (unpaired) electrons. The highest BCUT2D eigenvalue weighted by Gasteiger charge is 2.29. The molecule has 6 amide bonds. The Labute approximate surface area is 476 Å². The van der Waals surface area contributed by atoms with Crippen LogP contribution in [0.4, 0.5) is 4.39 Å². The van der Waals surface area contributed by atoms with E-state index in [1.165, 1.54) is 21.8 Å². The van der Waals surface area contributed by atoms with E-state index in [1.807, 2.05) is 0 Å². The second-order valence-electron chi connectivity index (χ2n) is 19.7. The fraction of sp³-hybridized carbons (Fsp3) is 0.509. The van der Waals surface area contributed by atoms with Crippen LogP contribution in [-0.2, 0) is 46.5 Å². The Morgan fingerprint density at radius 1 is 0.735 bits per heavy atom. The van der Waals surface area contributed by atoms with Crippen molar-refractivity contribution in [3.63, 3.8) is 0 Å². The minimum absolute atomic E-state index is 0.00722. The van der Waals surface area contributed by atoms with Crippen LogP contribution in [-0.4, -0.2) is 248 Å². The second kappa shape index (κ2) is 32.6. The van der Waals surface area contributed by atoms with Crippen LogP contribution < -0.4 is 31.3 Å². The molecule has 0 bridgehead atoms. The summed E-state index contributed by atoms with van der Waals surface area (Å²) in [7, 11) is 0. The number of nitrogens with zero attached hydrogens (tertiary/aromatic N) is 11. The molecule has 30 heteroatoms. The van der Waals surface area contributed by atoms with E-state index in [4.69, 9.17) is 4.74 Å². The normalized spacial score (nSPS) is 16.1. The molecule has 0 saturated carbocycles. The van der Waals surface area contributed by atoms with E-state index in [0.717, 1.165) is 18.7 Å². The number of carbonyl (C=O) groups is 9. The molecule has 3 aromatic heterocycles. The molecule has 1 unspecified atom stereocenters. The Hall–Kier alpha value is -8.79. The highest BCUT2D eigenvalue weighted by atomic mass is 19.1. The Kier molecular flexibility index (Phi) is 24.9. The molecule has 29 nitrogen and oxygen atoms in total. The quantitative estimate of drug-likeness (QED) is 0.0226. The summed E-state index contributed by atoms with van der Waals surface area (Å²) >= 11 is 0. The summed E-state index contributed by atoms with van der Waals surface area (Å²) in [5, 5.41) is 60.1. The number of pyridine rings is 2. The number of aryl methyl sites for hydroxylation is 2. The third-order valence-electron chi connectivity index (χ3n) is 13.6. The number of hydrogen-bond donors (Lipinski definition) is 8. The number of nitrogens with one attached hydrogen (secondary N) is 5. The Balaban J connectivity index is 0.936. The molecular weight excluding hydrogens is 1090 g/mol. The summed E-state index contributed by atoms with van der Waals surface area (Å²) in [6, 6.07) is 9.32. The third kappa shape index (κ3) is 21.6. The maximum Gasteiger partial charge on any atom is 0.317 e. The van der Waals surface area contributed by atoms with Gasteiger partial charge in [-0.2, -0.15) is 9.65 Å². The first kappa shape index (κ1) is 63.4. The smallest absolute Gasteiger partial charge is 0.317 e. The second-order valence-corrected chi connectivity index (χ2v) is 19.7. The average molecular weight is 1160 g/mol. The Morgan fingerprint density at radius 3 is 2.00 bits per heavy atom. The zero-order chi connectivity index (χ0) is 59.7. The van der Waals surface area contributed by atoms with Crippen LogP contribution in [0.3, 0.4) is 0 Å². The van der Waals surface area contributed by atoms with E-state index in [2.05, 4.69) is 52.9 Å². The number of ether oxygens (including phenoxy) is 1. The van der Waals surface area contributed by atoms with E-state index in [1.54, 1.807) is 50.1 Å². The SMILES string of the molecule is N#CC1CCCN1C(=O)CNC(=O)c1ccnc2ccc(OCCCNC(=O)CCc3cn(CC[C@H](NC(=O)c4ccc(F)nc4)C(=O)NCCNC(=O)CN4CCN(CC(=O)O)CCN(CC(=O)O)CCN(CC(=O)O)CC4)nn3)cc12. The summed E-state index contributed by atoms with van der Waals surface area (Å²) in [5.74, 6) is -6.40. The van der Waals surface area contributed by atoms with E-state index in [9.17, 15) is 68.1 Å². The van der Waals surface area contributed by atoms with Gasteiger partial charge in [-0.05, 0) is 62.1 Å². The number of carboxylic acid groups (broad SMARTS) is 3. The average Bonchev–Trinajstić information content (AvgIpc) is 4.20. The number of amides is 6. The van der Waals surface area contributed by atoms with Crippen LogP contribution in [0, 0.1) is 17.3 Å². The van der Waals surface area contributed by atoms with E-state index in [-0.39, 0.29) is 148 Å². The van der Waals surface area contributed by atoms with Crippen LogP contribution >= 0.6 is 0 Å². The van der Waals surface area contributed by atoms with Crippen LogP contribution in [0.25, 0.3) is 10.9 Å².